The van der Waals surface area contributed by atoms with Crippen LogP contribution in [0.2, 0.25) is 0 Å². The summed E-state index contributed by atoms with van der Waals surface area (Å²) in [5.74, 6) is -0.793. The summed E-state index contributed by atoms with van der Waals surface area (Å²) in [4.78, 5) is 23.9. The molecule has 0 fully saturated rings. The molecule has 0 saturated heterocycles. The normalized spacial score (nSPS) is 10.2. The van der Waals surface area contributed by atoms with Gasteiger partial charge in [0.05, 0.1) is 38.6 Å². The minimum atomic E-state index is -0.685. The maximum atomic E-state index is 11.9. The Hall–Kier alpha value is -2.32. The lowest BCUT2D eigenvalue weighted by Gasteiger charge is -2.16. The van der Waals surface area contributed by atoms with E-state index in [1.54, 1.807) is 14.2 Å². The van der Waals surface area contributed by atoms with Crippen LogP contribution in [0.1, 0.15) is 20.7 Å². The lowest BCUT2D eigenvalue weighted by atomic mass is 10.1. The minimum absolute atomic E-state index is 0.0239. The van der Waals surface area contributed by atoms with E-state index in [9.17, 15) is 9.59 Å². The fraction of sp³-hybridized carbons (Fsp3) is 0.500. The molecule has 1 aromatic rings. The third-order valence-corrected chi connectivity index (χ3v) is 2.98. The molecule has 8 nitrogen and oxygen atoms in total. The summed E-state index contributed by atoms with van der Waals surface area (Å²) in [6.07, 6.45) is 0. The van der Waals surface area contributed by atoms with Crippen LogP contribution in [0.3, 0.4) is 0 Å². The Balaban J connectivity index is 3.24. The highest BCUT2D eigenvalue weighted by Gasteiger charge is 2.23. The van der Waals surface area contributed by atoms with Gasteiger partial charge in [-0.25, -0.2) is 9.59 Å². The van der Waals surface area contributed by atoms with E-state index in [0.717, 1.165) is 0 Å². The second-order valence-corrected chi connectivity index (χ2v) is 4.51. The molecule has 8 heteroatoms. The van der Waals surface area contributed by atoms with Crippen molar-refractivity contribution in [1.29, 1.82) is 0 Å². The molecule has 0 atom stereocenters. The monoisotopic (exact) mass is 342 g/mol. The highest BCUT2D eigenvalue weighted by Crippen LogP contribution is 2.32. The maximum absolute atomic E-state index is 11.9. The third kappa shape index (κ3) is 5.39. The van der Waals surface area contributed by atoms with Gasteiger partial charge in [-0.05, 0) is 12.1 Å². The first-order valence-electron chi connectivity index (χ1n) is 7.17. The van der Waals surface area contributed by atoms with Gasteiger partial charge in [-0.15, -0.1) is 0 Å². The summed E-state index contributed by atoms with van der Waals surface area (Å²) in [6.45, 7) is 1.19. The van der Waals surface area contributed by atoms with Crippen molar-refractivity contribution in [3.63, 3.8) is 0 Å². The summed E-state index contributed by atoms with van der Waals surface area (Å²) in [7, 11) is 5.52. The molecule has 0 bridgehead atoms. The molecule has 134 valence electrons. The summed E-state index contributed by atoms with van der Waals surface area (Å²) in [5, 5.41) is 0. The Bertz CT molecular complexity index is 506. The van der Waals surface area contributed by atoms with Crippen molar-refractivity contribution in [3.8, 4) is 11.5 Å². The van der Waals surface area contributed by atoms with Gasteiger partial charge < -0.3 is 28.4 Å². The molecule has 0 saturated carbocycles. The Kier molecular flexibility index (Phi) is 8.59. The van der Waals surface area contributed by atoms with E-state index in [1.807, 2.05) is 0 Å². The molecule has 0 unspecified atom stereocenters. The maximum Gasteiger partial charge on any atom is 0.338 e. The van der Waals surface area contributed by atoms with E-state index < -0.39 is 11.9 Å². The molecule has 1 aromatic carbocycles. The molecule has 0 aliphatic heterocycles. The van der Waals surface area contributed by atoms with Crippen molar-refractivity contribution in [2.24, 2.45) is 0 Å². The van der Waals surface area contributed by atoms with Crippen LogP contribution in [-0.2, 0) is 18.9 Å². The molecule has 0 aromatic heterocycles. The predicted molar refractivity (Wildman–Crippen MR) is 83.9 cm³/mol. The Morgan fingerprint density at radius 3 is 1.38 bits per heavy atom. The number of methoxy groups -OCH3 is 4. The molecule has 0 heterocycles. The van der Waals surface area contributed by atoms with Gasteiger partial charge in [0.25, 0.3) is 0 Å². The molecule has 0 radical (unpaired) electrons. The first-order chi connectivity index (χ1) is 11.6. The first-order valence-corrected chi connectivity index (χ1v) is 7.17. The number of carbonyl (C=O) groups is 2. The average Bonchev–Trinajstić information content (AvgIpc) is 2.61. The van der Waals surface area contributed by atoms with Crippen LogP contribution in [0.4, 0.5) is 0 Å². The van der Waals surface area contributed by atoms with Gasteiger partial charge in [-0.3, -0.25) is 0 Å². The number of rotatable bonds is 10. The zero-order valence-electron chi connectivity index (χ0n) is 14.2. The predicted octanol–water partition coefficient (Wildman–Crippen LogP) is 1.31. The van der Waals surface area contributed by atoms with Crippen molar-refractivity contribution < 1.29 is 38.0 Å². The number of hydrogen-bond donors (Lipinski definition) is 0. The summed E-state index contributed by atoms with van der Waals surface area (Å²) >= 11 is 0. The van der Waals surface area contributed by atoms with Gasteiger partial charge in [0.15, 0.2) is 11.5 Å². The van der Waals surface area contributed by atoms with E-state index >= 15 is 0 Å². The SMILES string of the molecule is COCCOc1cc(C(=O)OC)c(C(=O)OC)cc1OCCOC. The average molecular weight is 342 g/mol. The second-order valence-electron chi connectivity index (χ2n) is 4.51. The highest BCUT2D eigenvalue weighted by molar-refractivity contribution is 6.04. The van der Waals surface area contributed by atoms with Crippen molar-refractivity contribution in [1.82, 2.24) is 0 Å². The van der Waals surface area contributed by atoms with Crippen LogP contribution in [0.5, 0.6) is 11.5 Å². The lowest BCUT2D eigenvalue weighted by molar-refractivity contribution is 0.0553. The third-order valence-electron chi connectivity index (χ3n) is 2.98. The molecule has 0 amide bonds. The fourth-order valence-electron chi connectivity index (χ4n) is 1.81. The molecule has 0 spiro atoms. The summed E-state index contributed by atoms with van der Waals surface area (Å²) in [5.41, 5.74) is 0.0479. The Labute approximate surface area is 140 Å². The topological polar surface area (TPSA) is 89.5 Å². The Morgan fingerprint density at radius 2 is 1.08 bits per heavy atom. The van der Waals surface area contributed by atoms with Gasteiger partial charge in [0, 0.05) is 14.2 Å². The van der Waals surface area contributed by atoms with E-state index in [1.165, 1.54) is 26.4 Å². The number of benzene rings is 1. The Morgan fingerprint density at radius 1 is 0.708 bits per heavy atom. The lowest BCUT2D eigenvalue weighted by Crippen LogP contribution is -2.15. The fourth-order valence-corrected chi connectivity index (χ4v) is 1.81. The molecular weight excluding hydrogens is 320 g/mol. The first kappa shape index (κ1) is 19.7. The van der Waals surface area contributed by atoms with Gasteiger partial charge in [0.2, 0.25) is 0 Å². The van der Waals surface area contributed by atoms with E-state index in [4.69, 9.17) is 28.4 Å². The largest absolute Gasteiger partial charge is 0.487 e. The highest BCUT2D eigenvalue weighted by atomic mass is 16.6. The number of hydrogen-bond acceptors (Lipinski definition) is 8. The van der Waals surface area contributed by atoms with Gasteiger partial charge in [0.1, 0.15) is 13.2 Å². The van der Waals surface area contributed by atoms with Crippen molar-refractivity contribution in [2.75, 3.05) is 54.9 Å². The molecular formula is C16H22O8. The molecule has 0 aliphatic rings. The van der Waals surface area contributed by atoms with Crippen LogP contribution in [0.25, 0.3) is 0 Å². The quantitative estimate of drug-likeness (QED) is 0.464. The van der Waals surface area contributed by atoms with Crippen LogP contribution in [0.15, 0.2) is 12.1 Å². The zero-order valence-corrected chi connectivity index (χ0v) is 14.2. The van der Waals surface area contributed by atoms with Crippen LogP contribution >= 0.6 is 0 Å². The molecule has 0 N–H and O–H groups in total. The van der Waals surface area contributed by atoms with Crippen LogP contribution in [-0.4, -0.2) is 66.8 Å². The van der Waals surface area contributed by atoms with Gasteiger partial charge >= 0.3 is 11.9 Å². The van der Waals surface area contributed by atoms with E-state index in [0.29, 0.717) is 13.2 Å². The van der Waals surface area contributed by atoms with E-state index in [2.05, 4.69) is 0 Å². The van der Waals surface area contributed by atoms with Crippen molar-refractivity contribution >= 4 is 11.9 Å². The van der Waals surface area contributed by atoms with Gasteiger partial charge in [-0.1, -0.05) is 0 Å². The zero-order chi connectivity index (χ0) is 17.9. The standard InChI is InChI=1S/C16H22O8/c1-19-5-7-23-13-9-11(15(17)21-3)12(16(18)22-4)10-14(13)24-8-6-20-2/h9-10H,5-8H2,1-4H3. The van der Waals surface area contributed by atoms with Crippen molar-refractivity contribution in [3.05, 3.63) is 23.3 Å². The van der Waals surface area contributed by atoms with Crippen LogP contribution < -0.4 is 9.47 Å². The smallest absolute Gasteiger partial charge is 0.338 e. The number of esters is 2. The van der Waals surface area contributed by atoms with E-state index in [-0.39, 0.29) is 35.8 Å². The molecule has 1 rings (SSSR count). The molecule has 24 heavy (non-hydrogen) atoms. The number of carbonyl (C=O) groups excluding carboxylic acids is 2. The van der Waals surface area contributed by atoms with Crippen LogP contribution in [0, 0.1) is 0 Å². The molecule has 0 aliphatic carbocycles. The minimum Gasteiger partial charge on any atom is -0.487 e. The number of ether oxygens (including phenoxy) is 6. The summed E-state index contributed by atoms with van der Waals surface area (Å²) in [6, 6.07) is 2.77. The second kappa shape index (κ2) is 10.5. The summed E-state index contributed by atoms with van der Waals surface area (Å²) < 4.78 is 30.4. The van der Waals surface area contributed by atoms with Gasteiger partial charge in [-0.2, -0.15) is 0 Å². The van der Waals surface area contributed by atoms with Crippen molar-refractivity contribution in [2.45, 2.75) is 0 Å².